The van der Waals surface area contributed by atoms with E-state index in [2.05, 4.69) is 0 Å². The maximum Gasteiger partial charge on any atom is 0.0453 e. The van der Waals surface area contributed by atoms with Gasteiger partial charge in [-0.25, -0.2) is 0 Å². The molecule has 100 valence electrons. The van der Waals surface area contributed by atoms with Crippen LogP contribution in [0.5, 0.6) is 0 Å². The third-order valence-corrected chi connectivity index (χ3v) is 4.47. The molecule has 19 heavy (non-hydrogen) atoms. The first kappa shape index (κ1) is 15.0. The summed E-state index contributed by atoms with van der Waals surface area (Å²) < 4.78 is 0. The van der Waals surface area contributed by atoms with Gasteiger partial charge in [0.15, 0.2) is 0 Å². The molecule has 1 unspecified atom stereocenters. The Balaban J connectivity index is 2.32. The van der Waals surface area contributed by atoms with E-state index in [4.69, 9.17) is 46.4 Å². The second kappa shape index (κ2) is 6.85. The molecular formula is C15H12Cl4. The number of benzene rings is 2. The largest absolute Gasteiger partial charge is 0.126 e. The van der Waals surface area contributed by atoms with Crippen molar-refractivity contribution in [1.82, 2.24) is 0 Å². The molecular weight excluding hydrogens is 322 g/mol. The monoisotopic (exact) mass is 332 g/mol. The smallest absolute Gasteiger partial charge is 0.0453 e. The van der Waals surface area contributed by atoms with E-state index < -0.39 is 0 Å². The second-order valence-corrected chi connectivity index (χ2v) is 5.81. The predicted molar refractivity (Wildman–Crippen MR) is 85.1 cm³/mol. The molecule has 0 nitrogen and oxygen atoms in total. The molecule has 0 aromatic heterocycles. The van der Waals surface area contributed by atoms with E-state index >= 15 is 0 Å². The molecule has 0 N–H and O–H groups in total. The van der Waals surface area contributed by atoms with Crippen molar-refractivity contribution in [2.45, 2.75) is 12.3 Å². The van der Waals surface area contributed by atoms with E-state index in [1.165, 1.54) is 0 Å². The van der Waals surface area contributed by atoms with Crippen molar-refractivity contribution in [2.75, 3.05) is 5.88 Å². The van der Waals surface area contributed by atoms with Gasteiger partial charge in [-0.3, -0.25) is 0 Å². The molecule has 1 atom stereocenters. The average molecular weight is 334 g/mol. The minimum Gasteiger partial charge on any atom is -0.126 e. The fourth-order valence-electron chi connectivity index (χ4n) is 2.03. The Morgan fingerprint density at radius 3 is 1.95 bits per heavy atom. The molecule has 0 radical (unpaired) electrons. The summed E-state index contributed by atoms with van der Waals surface area (Å²) in [4.78, 5) is 0. The maximum atomic E-state index is 6.22. The third kappa shape index (κ3) is 3.58. The molecule has 0 amide bonds. The SMILES string of the molecule is ClCC(Cc1c(Cl)cccc1Cl)c1ccccc1Cl. The van der Waals surface area contributed by atoms with E-state index in [1.54, 1.807) is 0 Å². The van der Waals surface area contributed by atoms with Crippen LogP contribution in [-0.4, -0.2) is 5.88 Å². The first-order valence-corrected chi connectivity index (χ1v) is 7.53. The molecule has 2 aromatic rings. The van der Waals surface area contributed by atoms with E-state index in [0.29, 0.717) is 22.3 Å². The van der Waals surface area contributed by atoms with Crippen molar-refractivity contribution in [3.63, 3.8) is 0 Å². The van der Waals surface area contributed by atoms with Crippen LogP contribution >= 0.6 is 46.4 Å². The van der Waals surface area contributed by atoms with E-state index in [-0.39, 0.29) is 5.92 Å². The van der Waals surface area contributed by atoms with Gasteiger partial charge in [-0.1, -0.05) is 59.1 Å². The van der Waals surface area contributed by atoms with Crippen LogP contribution in [0.25, 0.3) is 0 Å². The molecule has 0 heterocycles. The van der Waals surface area contributed by atoms with Gasteiger partial charge in [0.1, 0.15) is 0 Å². The Morgan fingerprint density at radius 2 is 1.37 bits per heavy atom. The van der Waals surface area contributed by atoms with Gasteiger partial charge < -0.3 is 0 Å². The van der Waals surface area contributed by atoms with Gasteiger partial charge in [0.05, 0.1) is 0 Å². The molecule has 0 aliphatic rings. The van der Waals surface area contributed by atoms with Crippen molar-refractivity contribution >= 4 is 46.4 Å². The van der Waals surface area contributed by atoms with E-state index in [0.717, 1.165) is 16.1 Å². The van der Waals surface area contributed by atoms with Gasteiger partial charge >= 0.3 is 0 Å². The minimum absolute atomic E-state index is 0.0905. The summed E-state index contributed by atoms with van der Waals surface area (Å²) in [5.41, 5.74) is 1.94. The van der Waals surface area contributed by atoms with Gasteiger partial charge in [-0.2, -0.15) is 0 Å². The van der Waals surface area contributed by atoms with Gasteiger partial charge in [-0.15, -0.1) is 11.6 Å². The van der Waals surface area contributed by atoms with Crippen molar-refractivity contribution in [2.24, 2.45) is 0 Å². The lowest BCUT2D eigenvalue weighted by Gasteiger charge is -2.17. The first-order chi connectivity index (χ1) is 9.13. The highest BCUT2D eigenvalue weighted by Gasteiger charge is 2.17. The number of hydrogen-bond donors (Lipinski definition) is 0. The Bertz CT molecular complexity index is 546. The lowest BCUT2D eigenvalue weighted by atomic mass is 9.93. The third-order valence-electron chi connectivity index (χ3n) is 3.04. The standard InChI is InChI=1S/C15H12Cl4/c16-9-10(11-4-1-2-5-13(11)17)8-12-14(18)6-3-7-15(12)19/h1-7,10H,8-9H2. The molecule has 0 aliphatic carbocycles. The molecule has 0 bridgehead atoms. The van der Waals surface area contributed by atoms with Crippen LogP contribution in [0.1, 0.15) is 17.0 Å². The average Bonchev–Trinajstić information content (AvgIpc) is 2.40. The fraction of sp³-hybridized carbons (Fsp3) is 0.200. The van der Waals surface area contributed by atoms with E-state index in [1.807, 2.05) is 42.5 Å². The molecule has 0 fully saturated rings. The normalized spacial score (nSPS) is 12.4. The topological polar surface area (TPSA) is 0 Å². The summed E-state index contributed by atoms with van der Waals surface area (Å²) in [6, 6.07) is 13.2. The fourth-order valence-corrected chi connectivity index (χ4v) is 3.14. The van der Waals surface area contributed by atoms with Crippen LogP contribution in [0.2, 0.25) is 15.1 Å². The minimum atomic E-state index is 0.0905. The van der Waals surface area contributed by atoms with E-state index in [9.17, 15) is 0 Å². The molecule has 0 aliphatic heterocycles. The van der Waals surface area contributed by atoms with Gasteiger partial charge in [0.25, 0.3) is 0 Å². The van der Waals surface area contributed by atoms with Crippen LogP contribution in [0, 0.1) is 0 Å². The number of halogens is 4. The molecule has 2 aromatic carbocycles. The molecule has 0 saturated carbocycles. The lowest BCUT2D eigenvalue weighted by Crippen LogP contribution is -2.06. The Labute approximate surface area is 133 Å². The summed E-state index contributed by atoms with van der Waals surface area (Å²) in [7, 11) is 0. The summed E-state index contributed by atoms with van der Waals surface area (Å²) in [5, 5.41) is 2.04. The first-order valence-electron chi connectivity index (χ1n) is 5.86. The number of hydrogen-bond acceptors (Lipinski definition) is 0. The van der Waals surface area contributed by atoms with Gasteiger partial charge in [0.2, 0.25) is 0 Å². The zero-order valence-corrected chi connectivity index (χ0v) is 13.1. The maximum absolute atomic E-state index is 6.22. The molecule has 2 rings (SSSR count). The van der Waals surface area contributed by atoms with Crippen LogP contribution in [-0.2, 0) is 6.42 Å². The molecule has 0 saturated heterocycles. The van der Waals surface area contributed by atoms with Crippen LogP contribution in [0.3, 0.4) is 0 Å². The van der Waals surface area contributed by atoms with Crippen LogP contribution < -0.4 is 0 Å². The summed E-state index contributed by atoms with van der Waals surface area (Å²) in [6.07, 6.45) is 0.672. The van der Waals surface area contributed by atoms with Crippen molar-refractivity contribution in [1.29, 1.82) is 0 Å². The highest BCUT2D eigenvalue weighted by Crippen LogP contribution is 2.33. The molecule has 4 heteroatoms. The summed E-state index contributed by atoms with van der Waals surface area (Å²) in [6.45, 7) is 0. The Morgan fingerprint density at radius 1 is 0.789 bits per heavy atom. The van der Waals surface area contributed by atoms with Crippen molar-refractivity contribution < 1.29 is 0 Å². The highest BCUT2D eigenvalue weighted by molar-refractivity contribution is 6.36. The van der Waals surface area contributed by atoms with Crippen molar-refractivity contribution in [3.8, 4) is 0 Å². The second-order valence-electron chi connectivity index (χ2n) is 4.28. The van der Waals surface area contributed by atoms with Crippen LogP contribution in [0.15, 0.2) is 42.5 Å². The van der Waals surface area contributed by atoms with Crippen LogP contribution in [0.4, 0.5) is 0 Å². The lowest BCUT2D eigenvalue weighted by molar-refractivity contribution is 0.767. The summed E-state index contributed by atoms with van der Waals surface area (Å²) in [5.74, 6) is 0.554. The zero-order valence-electron chi connectivity index (χ0n) is 10.0. The number of alkyl halides is 1. The highest BCUT2D eigenvalue weighted by atomic mass is 35.5. The summed E-state index contributed by atoms with van der Waals surface area (Å²) >= 11 is 24.7. The van der Waals surface area contributed by atoms with Gasteiger partial charge in [0, 0.05) is 26.9 Å². The Kier molecular flexibility index (Phi) is 5.41. The Hall–Kier alpha value is -0.400. The quantitative estimate of drug-likeness (QED) is 0.583. The molecule has 0 spiro atoms. The van der Waals surface area contributed by atoms with Gasteiger partial charge in [-0.05, 0) is 35.7 Å². The predicted octanol–water partition coefficient (Wildman–Crippen LogP) is 6.21. The van der Waals surface area contributed by atoms with Crippen molar-refractivity contribution in [3.05, 3.63) is 68.7 Å². The number of rotatable bonds is 4. The zero-order chi connectivity index (χ0) is 13.8.